The Hall–Kier alpha value is -1.04. The summed E-state index contributed by atoms with van der Waals surface area (Å²) in [5.41, 5.74) is 5.29. The van der Waals surface area contributed by atoms with Crippen molar-refractivity contribution in [2.24, 2.45) is 5.73 Å². The second kappa shape index (κ2) is 3.27. The lowest BCUT2D eigenvalue weighted by Crippen LogP contribution is -2.33. The molecule has 1 aromatic heterocycles. The minimum Gasteiger partial charge on any atom is -0.425 e. The number of aromatic nitrogens is 2. The van der Waals surface area contributed by atoms with Crippen LogP contribution in [0.25, 0.3) is 0 Å². The minimum atomic E-state index is -2.55. The first kappa shape index (κ1) is 9.51. The molecule has 0 amide bonds. The Balaban J connectivity index is 1.98. The van der Waals surface area contributed by atoms with Crippen molar-refractivity contribution in [2.75, 3.05) is 6.54 Å². The van der Waals surface area contributed by atoms with E-state index >= 15 is 0 Å². The summed E-state index contributed by atoms with van der Waals surface area (Å²) >= 11 is 0. The maximum atomic E-state index is 12.5. The molecule has 0 atom stereocenters. The molecule has 1 fully saturated rings. The van der Waals surface area contributed by atoms with Crippen LogP contribution in [0.1, 0.15) is 30.5 Å². The second-order valence-electron chi connectivity index (χ2n) is 3.53. The molecule has 0 radical (unpaired) electrons. The summed E-state index contributed by atoms with van der Waals surface area (Å²) in [6.45, 7) is 0.419. The van der Waals surface area contributed by atoms with Crippen LogP contribution in [0.4, 0.5) is 8.78 Å². The highest BCUT2D eigenvalue weighted by Crippen LogP contribution is 2.47. The summed E-state index contributed by atoms with van der Waals surface area (Å²) in [6, 6.07) is 0. The topological polar surface area (TPSA) is 64.9 Å². The fraction of sp³-hybridized carbons (Fsp3) is 0.750. The molecule has 0 bridgehead atoms. The average Bonchev–Trinajstić information content (AvgIpc) is 2.49. The largest absolute Gasteiger partial charge is 0.425 e. The maximum Gasteiger partial charge on any atom is 0.249 e. The first-order chi connectivity index (χ1) is 6.61. The van der Waals surface area contributed by atoms with Gasteiger partial charge in [0, 0.05) is 31.7 Å². The van der Waals surface area contributed by atoms with E-state index in [2.05, 4.69) is 10.2 Å². The van der Waals surface area contributed by atoms with E-state index in [4.69, 9.17) is 10.2 Å². The van der Waals surface area contributed by atoms with Gasteiger partial charge in [0.2, 0.25) is 17.7 Å². The third-order valence-corrected chi connectivity index (χ3v) is 2.28. The van der Waals surface area contributed by atoms with E-state index in [1.807, 2.05) is 0 Å². The monoisotopic (exact) mass is 203 g/mol. The highest BCUT2D eigenvalue weighted by Gasteiger charge is 2.48. The molecular formula is C8H11F2N3O. The Kier molecular flexibility index (Phi) is 2.22. The Labute approximate surface area is 79.5 Å². The van der Waals surface area contributed by atoms with Gasteiger partial charge in [0.1, 0.15) is 0 Å². The number of alkyl halides is 2. The summed E-state index contributed by atoms with van der Waals surface area (Å²) in [7, 11) is 0. The van der Waals surface area contributed by atoms with E-state index in [0.717, 1.165) is 0 Å². The van der Waals surface area contributed by atoms with Gasteiger partial charge in [-0.1, -0.05) is 0 Å². The SMILES string of the molecule is NCCc1nnc(C2CC(F)(F)C2)o1. The van der Waals surface area contributed by atoms with E-state index in [1.54, 1.807) is 0 Å². The van der Waals surface area contributed by atoms with Gasteiger partial charge in [-0.15, -0.1) is 10.2 Å². The maximum absolute atomic E-state index is 12.5. The number of hydrogen-bond donors (Lipinski definition) is 1. The van der Waals surface area contributed by atoms with Gasteiger partial charge in [0.05, 0.1) is 0 Å². The molecule has 1 aromatic rings. The van der Waals surface area contributed by atoms with Crippen molar-refractivity contribution in [3.63, 3.8) is 0 Å². The van der Waals surface area contributed by atoms with Gasteiger partial charge in [-0.3, -0.25) is 0 Å². The van der Waals surface area contributed by atoms with Crippen molar-refractivity contribution in [2.45, 2.75) is 31.1 Å². The highest BCUT2D eigenvalue weighted by molar-refractivity contribution is 5.03. The lowest BCUT2D eigenvalue weighted by atomic mass is 9.81. The molecule has 1 aliphatic carbocycles. The van der Waals surface area contributed by atoms with Gasteiger partial charge in [-0.2, -0.15) is 0 Å². The number of rotatable bonds is 3. The van der Waals surface area contributed by atoms with Crippen LogP contribution in [0.3, 0.4) is 0 Å². The van der Waals surface area contributed by atoms with Crippen LogP contribution < -0.4 is 5.73 Å². The zero-order valence-electron chi connectivity index (χ0n) is 7.54. The van der Waals surface area contributed by atoms with Gasteiger partial charge in [-0.25, -0.2) is 8.78 Å². The number of hydrogen-bond acceptors (Lipinski definition) is 4. The molecule has 1 aliphatic rings. The predicted octanol–water partition coefficient (Wildman–Crippen LogP) is 1.08. The minimum absolute atomic E-state index is 0.183. The van der Waals surface area contributed by atoms with Crippen molar-refractivity contribution in [1.29, 1.82) is 0 Å². The Morgan fingerprint density at radius 2 is 2.14 bits per heavy atom. The number of nitrogens with two attached hydrogens (primary N) is 1. The van der Waals surface area contributed by atoms with Crippen molar-refractivity contribution in [1.82, 2.24) is 10.2 Å². The molecule has 0 spiro atoms. The summed E-state index contributed by atoms with van der Waals surface area (Å²) < 4.78 is 30.2. The fourth-order valence-electron chi connectivity index (χ4n) is 1.49. The Bertz CT molecular complexity index is 318. The molecule has 0 aliphatic heterocycles. The van der Waals surface area contributed by atoms with Crippen LogP contribution >= 0.6 is 0 Å². The summed E-state index contributed by atoms with van der Waals surface area (Å²) in [4.78, 5) is 0. The zero-order valence-corrected chi connectivity index (χ0v) is 7.54. The van der Waals surface area contributed by atoms with Crippen LogP contribution in [-0.4, -0.2) is 22.7 Å². The Morgan fingerprint density at radius 1 is 1.43 bits per heavy atom. The van der Waals surface area contributed by atoms with E-state index < -0.39 is 5.92 Å². The highest BCUT2D eigenvalue weighted by atomic mass is 19.3. The van der Waals surface area contributed by atoms with Crippen molar-refractivity contribution in [3.05, 3.63) is 11.8 Å². The van der Waals surface area contributed by atoms with Crippen molar-refractivity contribution in [3.8, 4) is 0 Å². The molecule has 1 saturated carbocycles. The van der Waals surface area contributed by atoms with E-state index in [0.29, 0.717) is 24.7 Å². The van der Waals surface area contributed by atoms with E-state index in [-0.39, 0.29) is 18.8 Å². The zero-order chi connectivity index (χ0) is 10.2. The lowest BCUT2D eigenvalue weighted by Gasteiger charge is -2.32. The van der Waals surface area contributed by atoms with Gasteiger partial charge in [0.25, 0.3) is 0 Å². The normalized spacial score (nSPS) is 20.8. The molecule has 6 heteroatoms. The van der Waals surface area contributed by atoms with Gasteiger partial charge >= 0.3 is 0 Å². The first-order valence-electron chi connectivity index (χ1n) is 4.51. The van der Waals surface area contributed by atoms with Gasteiger partial charge in [-0.05, 0) is 0 Å². The van der Waals surface area contributed by atoms with E-state index in [1.165, 1.54) is 0 Å². The first-order valence-corrected chi connectivity index (χ1v) is 4.51. The molecule has 14 heavy (non-hydrogen) atoms. The Morgan fingerprint density at radius 3 is 2.71 bits per heavy atom. The lowest BCUT2D eigenvalue weighted by molar-refractivity contribution is -0.0919. The molecule has 78 valence electrons. The summed E-state index contributed by atoms with van der Waals surface area (Å²) in [5, 5.41) is 7.43. The third kappa shape index (κ3) is 1.75. The molecule has 4 nitrogen and oxygen atoms in total. The fourth-order valence-corrected chi connectivity index (χ4v) is 1.49. The second-order valence-corrected chi connectivity index (χ2v) is 3.53. The van der Waals surface area contributed by atoms with Crippen LogP contribution in [0, 0.1) is 0 Å². The standard InChI is InChI=1S/C8H11F2N3O/c9-8(10)3-5(4-8)7-13-12-6(14-7)1-2-11/h5H,1-4,11H2. The van der Waals surface area contributed by atoms with E-state index in [9.17, 15) is 8.78 Å². The molecule has 2 rings (SSSR count). The molecule has 0 aromatic carbocycles. The van der Waals surface area contributed by atoms with Crippen molar-refractivity contribution < 1.29 is 13.2 Å². The average molecular weight is 203 g/mol. The quantitative estimate of drug-likeness (QED) is 0.798. The smallest absolute Gasteiger partial charge is 0.249 e. The molecule has 0 saturated heterocycles. The third-order valence-electron chi connectivity index (χ3n) is 2.28. The molecule has 2 N–H and O–H groups in total. The molecular weight excluding hydrogens is 192 g/mol. The van der Waals surface area contributed by atoms with Gasteiger partial charge < -0.3 is 10.2 Å². The number of nitrogens with zero attached hydrogens (tertiary/aromatic N) is 2. The summed E-state index contributed by atoms with van der Waals surface area (Å²) in [5.74, 6) is -2.08. The number of halogens is 2. The molecule has 1 heterocycles. The van der Waals surface area contributed by atoms with Crippen LogP contribution in [0.15, 0.2) is 4.42 Å². The molecule has 0 unspecified atom stereocenters. The predicted molar refractivity (Wildman–Crippen MR) is 44.0 cm³/mol. The van der Waals surface area contributed by atoms with Gasteiger partial charge in [0.15, 0.2) is 0 Å². The van der Waals surface area contributed by atoms with Crippen LogP contribution in [0.2, 0.25) is 0 Å². The summed E-state index contributed by atoms with van der Waals surface area (Å²) in [6.07, 6.45) is 0.130. The van der Waals surface area contributed by atoms with Crippen LogP contribution in [-0.2, 0) is 6.42 Å². The van der Waals surface area contributed by atoms with Crippen LogP contribution in [0.5, 0.6) is 0 Å². The van der Waals surface area contributed by atoms with Crippen molar-refractivity contribution >= 4 is 0 Å².